The number of hydrogen-bond donors (Lipinski definition) is 0. The minimum Gasteiger partial charge on any atom is -0.447 e. The third-order valence-corrected chi connectivity index (χ3v) is 3.95. The van der Waals surface area contributed by atoms with Gasteiger partial charge in [0.25, 0.3) is 0 Å². The maximum Gasteiger partial charge on any atom is 0.416 e. The second-order valence-electron chi connectivity index (χ2n) is 5.60. The van der Waals surface area contributed by atoms with Crippen molar-refractivity contribution in [2.75, 3.05) is 6.61 Å². The van der Waals surface area contributed by atoms with Crippen molar-refractivity contribution in [1.29, 1.82) is 0 Å². The van der Waals surface area contributed by atoms with E-state index in [-0.39, 0.29) is 24.5 Å². The molecule has 1 aromatic rings. The number of imide groups is 1. The van der Waals surface area contributed by atoms with E-state index in [1.165, 1.54) is 4.90 Å². The molecule has 1 saturated heterocycles. The van der Waals surface area contributed by atoms with Gasteiger partial charge in [-0.05, 0) is 24.8 Å². The number of hydrogen-bond acceptors (Lipinski definition) is 3. The number of benzene rings is 1. The van der Waals surface area contributed by atoms with E-state index in [4.69, 9.17) is 11.2 Å². The third kappa shape index (κ3) is 4.23. The van der Waals surface area contributed by atoms with Crippen LogP contribution in [0.4, 0.5) is 4.79 Å². The molecule has 0 unspecified atom stereocenters. The molecule has 2 rings (SSSR count). The SMILES string of the molecule is C#CC[C@@H](CCC=C)C(=O)N1C(=O)OC[C@@H]1Cc1ccccc1. The van der Waals surface area contributed by atoms with Crippen molar-refractivity contribution in [1.82, 2.24) is 4.90 Å². The number of allylic oxidation sites excluding steroid dienone is 1. The number of ether oxygens (including phenoxy) is 1. The molecule has 23 heavy (non-hydrogen) atoms. The van der Waals surface area contributed by atoms with E-state index in [9.17, 15) is 9.59 Å². The second kappa shape index (κ2) is 8.19. The van der Waals surface area contributed by atoms with Crippen molar-refractivity contribution in [2.45, 2.75) is 31.7 Å². The fourth-order valence-corrected chi connectivity index (χ4v) is 2.74. The summed E-state index contributed by atoms with van der Waals surface area (Å²) in [5, 5.41) is 0. The minimum atomic E-state index is -0.573. The molecule has 0 N–H and O–H groups in total. The highest BCUT2D eigenvalue weighted by atomic mass is 16.6. The third-order valence-electron chi connectivity index (χ3n) is 3.95. The lowest BCUT2D eigenvalue weighted by Gasteiger charge is -2.24. The Morgan fingerprint density at radius 1 is 1.48 bits per heavy atom. The lowest BCUT2D eigenvalue weighted by Crippen LogP contribution is -2.43. The molecule has 120 valence electrons. The van der Waals surface area contributed by atoms with Crippen LogP contribution in [-0.2, 0) is 16.0 Å². The van der Waals surface area contributed by atoms with Crippen LogP contribution in [0, 0.1) is 18.3 Å². The molecule has 0 bridgehead atoms. The number of rotatable bonds is 7. The lowest BCUT2D eigenvalue weighted by atomic mass is 9.96. The van der Waals surface area contributed by atoms with Crippen molar-refractivity contribution in [3.8, 4) is 12.3 Å². The summed E-state index contributed by atoms with van der Waals surface area (Å²) in [6.07, 6.45) is 8.72. The van der Waals surface area contributed by atoms with Gasteiger partial charge >= 0.3 is 6.09 Å². The number of nitrogens with zero attached hydrogens (tertiary/aromatic N) is 1. The van der Waals surface area contributed by atoms with Gasteiger partial charge in [-0.3, -0.25) is 4.79 Å². The van der Waals surface area contributed by atoms with Crippen LogP contribution in [0.1, 0.15) is 24.8 Å². The van der Waals surface area contributed by atoms with Crippen molar-refractivity contribution >= 4 is 12.0 Å². The Morgan fingerprint density at radius 3 is 2.87 bits per heavy atom. The van der Waals surface area contributed by atoms with Crippen LogP contribution >= 0.6 is 0 Å². The number of amides is 2. The first kappa shape index (κ1) is 16.8. The molecule has 0 spiro atoms. The Hall–Kier alpha value is -2.54. The van der Waals surface area contributed by atoms with Gasteiger partial charge in [0.1, 0.15) is 6.61 Å². The van der Waals surface area contributed by atoms with Crippen LogP contribution in [-0.4, -0.2) is 29.5 Å². The Labute approximate surface area is 137 Å². The lowest BCUT2D eigenvalue weighted by molar-refractivity contribution is -0.133. The van der Waals surface area contributed by atoms with Gasteiger partial charge < -0.3 is 4.74 Å². The summed E-state index contributed by atoms with van der Waals surface area (Å²) in [5.74, 6) is 1.91. The van der Waals surface area contributed by atoms with Gasteiger partial charge in [-0.1, -0.05) is 36.4 Å². The quantitative estimate of drug-likeness (QED) is 0.574. The first-order valence-corrected chi connectivity index (χ1v) is 7.75. The average molecular weight is 311 g/mol. The molecular formula is C19H21NO3. The molecule has 1 fully saturated rings. The van der Waals surface area contributed by atoms with Crippen LogP contribution in [0.15, 0.2) is 43.0 Å². The van der Waals surface area contributed by atoms with E-state index in [2.05, 4.69) is 12.5 Å². The molecule has 0 aromatic heterocycles. The summed E-state index contributed by atoms with van der Waals surface area (Å²) < 4.78 is 5.10. The summed E-state index contributed by atoms with van der Waals surface area (Å²) in [7, 11) is 0. The summed E-state index contributed by atoms with van der Waals surface area (Å²) in [6, 6.07) is 9.47. The second-order valence-corrected chi connectivity index (χ2v) is 5.60. The molecule has 4 nitrogen and oxygen atoms in total. The fraction of sp³-hybridized carbons (Fsp3) is 0.368. The maximum absolute atomic E-state index is 12.7. The highest BCUT2D eigenvalue weighted by molar-refractivity contribution is 5.95. The number of carbonyl (C=O) groups is 2. The summed E-state index contributed by atoms with van der Waals surface area (Å²) in [5.41, 5.74) is 1.06. The van der Waals surface area contributed by atoms with E-state index in [0.29, 0.717) is 25.7 Å². The van der Waals surface area contributed by atoms with Gasteiger partial charge in [0.05, 0.1) is 6.04 Å². The van der Waals surface area contributed by atoms with Gasteiger partial charge in [0.2, 0.25) is 5.91 Å². The van der Waals surface area contributed by atoms with E-state index in [0.717, 1.165) is 5.56 Å². The molecular weight excluding hydrogens is 290 g/mol. The van der Waals surface area contributed by atoms with Crippen LogP contribution < -0.4 is 0 Å². The van der Waals surface area contributed by atoms with Gasteiger partial charge in [-0.2, -0.15) is 0 Å². The van der Waals surface area contributed by atoms with Crippen LogP contribution in [0.3, 0.4) is 0 Å². The zero-order valence-corrected chi connectivity index (χ0v) is 13.1. The summed E-state index contributed by atoms with van der Waals surface area (Å²) >= 11 is 0. The van der Waals surface area contributed by atoms with E-state index >= 15 is 0 Å². The Balaban J connectivity index is 2.12. The predicted octanol–water partition coefficient (Wildman–Crippen LogP) is 3.18. The van der Waals surface area contributed by atoms with Crippen molar-refractivity contribution < 1.29 is 14.3 Å². The Kier molecular flexibility index (Phi) is 5.99. The van der Waals surface area contributed by atoms with Gasteiger partial charge in [0, 0.05) is 12.3 Å². The van der Waals surface area contributed by atoms with Crippen LogP contribution in [0.25, 0.3) is 0 Å². The smallest absolute Gasteiger partial charge is 0.416 e. The van der Waals surface area contributed by atoms with E-state index in [1.54, 1.807) is 6.08 Å². The zero-order valence-electron chi connectivity index (χ0n) is 13.1. The Morgan fingerprint density at radius 2 is 2.22 bits per heavy atom. The molecule has 1 aromatic carbocycles. The van der Waals surface area contributed by atoms with Crippen molar-refractivity contribution in [3.05, 3.63) is 48.6 Å². The maximum atomic E-state index is 12.7. The monoisotopic (exact) mass is 311 g/mol. The number of cyclic esters (lactones) is 1. The molecule has 1 aliphatic rings. The Bertz CT molecular complexity index is 603. The molecule has 1 aliphatic heterocycles. The molecule has 2 amide bonds. The number of carbonyl (C=O) groups excluding carboxylic acids is 2. The van der Waals surface area contributed by atoms with Crippen molar-refractivity contribution in [2.24, 2.45) is 5.92 Å². The first-order chi connectivity index (χ1) is 11.2. The van der Waals surface area contributed by atoms with E-state index in [1.807, 2.05) is 30.3 Å². The van der Waals surface area contributed by atoms with E-state index < -0.39 is 6.09 Å². The van der Waals surface area contributed by atoms with Gasteiger partial charge in [0.15, 0.2) is 0 Å². The van der Waals surface area contributed by atoms with Crippen molar-refractivity contribution in [3.63, 3.8) is 0 Å². The highest BCUT2D eigenvalue weighted by Crippen LogP contribution is 2.23. The summed E-state index contributed by atoms with van der Waals surface area (Å²) in [4.78, 5) is 26.0. The normalized spacial score (nSPS) is 18.1. The molecule has 2 atom stereocenters. The topological polar surface area (TPSA) is 46.6 Å². The minimum absolute atomic E-state index is 0.226. The molecule has 0 saturated carbocycles. The van der Waals surface area contributed by atoms with Gasteiger partial charge in [-0.25, -0.2) is 9.69 Å². The standard InChI is InChI=1S/C19H21NO3/c1-3-5-12-16(9-4-2)18(21)20-17(14-23-19(20)22)13-15-10-7-6-8-11-15/h2-3,6-8,10-11,16-17H,1,5,9,12-14H2/t16-,17-/m0/s1. The predicted molar refractivity (Wildman–Crippen MR) is 88.5 cm³/mol. The molecule has 1 heterocycles. The molecule has 0 radical (unpaired) electrons. The molecule has 4 heteroatoms. The first-order valence-electron chi connectivity index (χ1n) is 7.75. The zero-order chi connectivity index (χ0) is 16.7. The largest absolute Gasteiger partial charge is 0.447 e. The summed E-state index contributed by atoms with van der Waals surface area (Å²) in [6.45, 7) is 3.89. The highest BCUT2D eigenvalue weighted by Gasteiger charge is 2.40. The average Bonchev–Trinajstić information content (AvgIpc) is 2.92. The fourth-order valence-electron chi connectivity index (χ4n) is 2.74. The molecule has 0 aliphatic carbocycles. The van der Waals surface area contributed by atoms with Gasteiger partial charge in [-0.15, -0.1) is 18.9 Å². The van der Waals surface area contributed by atoms with Crippen LogP contribution in [0.2, 0.25) is 0 Å². The number of terminal acetylenes is 1. The van der Waals surface area contributed by atoms with Crippen LogP contribution in [0.5, 0.6) is 0 Å².